The molecule has 0 aromatic carbocycles. The molecule has 2 rings (SSSR count). The first-order valence-corrected chi connectivity index (χ1v) is 7.07. The summed E-state index contributed by atoms with van der Waals surface area (Å²) in [6.07, 6.45) is 8.91. The quantitative estimate of drug-likeness (QED) is 0.835. The van der Waals surface area contributed by atoms with Crippen LogP contribution in [0.5, 0.6) is 0 Å². The van der Waals surface area contributed by atoms with Crippen LogP contribution >= 0.6 is 0 Å². The molecule has 1 aromatic heterocycles. The van der Waals surface area contributed by atoms with Crippen molar-refractivity contribution in [2.45, 2.75) is 25.7 Å². The molecule has 1 fully saturated rings. The van der Waals surface area contributed by atoms with Crippen molar-refractivity contribution >= 4 is 0 Å². The molecular formula is C15H25N3. The lowest BCUT2D eigenvalue weighted by Gasteiger charge is -2.24. The van der Waals surface area contributed by atoms with Gasteiger partial charge in [0, 0.05) is 25.5 Å². The van der Waals surface area contributed by atoms with Crippen LogP contribution in [0.25, 0.3) is 0 Å². The monoisotopic (exact) mass is 247 g/mol. The number of rotatable bonds is 6. The highest BCUT2D eigenvalue weighted by molar-refractivity contribution is 5.09. The Bertz CT molecular complexity index is 339. The van der Waals surface area contributed by atoms with E-state index in [0.717, 1.165) is 31.3 Å². The van der Waals surface area contributed by atoms with E-state index < -0.39 is 0 Å². The molecule has 0 amide bonds. The third-order valence-corrected chi connectivity index (χ3v) is 4.20. The van der Waals surface area contributed by atoms with E-state index in [2.05, 4.69) is 29.1 Å². The molecule has 1 aliphatic rings. The van der Waals surface area contributed by atoms with Gasteiger partial charge >= 0.3 is 0 Å². The molecule has 1 aromatic rings. The van der Waals surface area contributed by atoms with Gasteiger partial charge < -0.3 is 10.6 Å². The van der Waals surface area contributed by atoms with Crippen molar-refractivity contribution < 1.29 is 0 Å². The van der Waals surface area contributed by atoms with Crippen molar-refractivity contribution in [1.29, 1.82) is 0 Å². The second-order valence-corrected chi connectivity index (χ2v) is 5.55. The second kappa shape index (κ2) is 6.86. The highest BCUT2D eigenvalue weighted by atomic mass is 15.1. The largest absolute Gasteiger partial charge is 0.330 e. The van der Waals surface area contributed by atoms with Gasteiger partial charge in [0.25, 0.3) is 0 Å². The summed E-state index contributed by atoms with van der Waals surface area (Å²) in [5.74, 6) is 1.57. The molecule has 3 heteroatoms. The van der Waals surface area contributed by atoms with Gasteiger partial charge in [0.05, 0.1) is 0 Å². The molecule has 0 bridgehead atoms. The highest BCUT2D eigenvalue weighted by Crippen LogP contribution is 2.31. The Morgan fingerprint density at radius 1 is 1.28 bits per heavy atom. The molecule has 0 radical (unpaired) electrons. The summed E-state index contributed by atoms with van der Waals surface area (Å²) >= 11 is 0. The average Bonchev–Trinajstić information content (AvgIpc) is 2.85. The lowest BCUT2D eigenvalue weighted by atomic mass is 9.95. The normalized spacial score (nSPS) is 23.7. The van der Waals surface area contributed by atoms with Gasteiger partial charge in [-0.25, -0.2) is 0 Å². The van der Waals surface area contributed by atoms with Gasteiger partial charge in [0.15, 0.2) is 0 Å². The van der Waals surface area contributed by atoms with Crippen LogP contribution in [-0.4, -0.2) is 36.6 Å². The van der Waals surface area contributed by atoms with Crippen molar-refractivity contribution in [3.63, 3.8) is 0 Å². The summed E-state index contributed by atoms with van der Waals surface area (Å²) in [6, 6.07) is 4.21. The molecule has 100 valence electrons. The summed E-state index contributed by atoms with van der Waals surface area (Å²) in [4.78, 5) is 6.51. The predicted octanol–water partition coefficient (Wildman–Crippen LogP) is 1.93. The minimum absolute atomic E-state index is 0.758. The van der Waals surface area contributed by atoms with Gasteiger partial charge in [0.2, 0.25) is 0 Å². The Labute approximate surface area is 110 Å². The summed E-state index contributed by atoms with van der Waals surface area (Å²) in [5, 5.41) is 0. The maximum atomic E-state index is 5.84. The van der Waals surface area contributed by atoms with E-state index in [1.54, 1.807) is 0 Å². The second-order valence-electron chi connectivity index (χ2n) is 5.55. The number of nitrogens with two attached hydrogens (primary N) is 1. The van der Waals surface area contributed by atoms with Gasteiger partial charge in [-0.3, -0.25) is 4.98 Å². The van der Waals surface area contributed by atoms with Crippen molar-refractivity contribution in [1.82, 2.24) is 9.88 Å². The zero-order chi connectivity index (χ0) is 12.8. The van der Waals surface area contributed by atoms with Gasteiger partial charge in [-0.05, 0) is 62.4 Å². The van der Waals surface area contributed by atoms with E-state index in [1.165, 1.54) is 31.4 Å². The van der Waals surface area contributed by atoms with Crippen LogP contribution in [0, 0.1) is 11.8 Å². The molecule has 18 heavy (non-hydrogen) atoms. The molecule has 2 N–H and O–H groups in total. The Morgan fingerprint density at radius 3 is 2.72 bits per heavy atom. The highest BCUT2D eigenvalue weighted by Gasteiger charge is 2.26. The van der Waals surface area contributed by atoms with E-state index >= 15 is 0 Å². The van der Waals surface area contributed by atoms with Gasteiger partial charge in [0.1, 0.15) is 0 Å². The number of hydrogen-bond donors (Lipinski definition) is 1. The van der Waals surface area contributed by atoms with Crippen molar-refractivity contribution in [2.24, 2.45) is 17.6 Å². The molecular weight excluding hydrogens is 222 g/mol. The first kappa shape index (κ1) is 13.5. The number of likely N-dealkylation sites (N-methyl/N-ethyl adjacent to an activating group) is 1. The zero-order valence-electron chi connectivity index (χ0n) is 11.4. The number of hydrogen-bond acceptors (Lipinski definition) is 3. The van der Waals surface area contributed by atoms with Crippen molar-refractivity contribution in [3.8, 4) is 0 Å². The smallest absolute Gasteiger partial charge is 0.0270 e. The Kier molecular flexibility index (Phi) is 5.14. The minimum atomic E-state index is 0.758. The van der Waals surface area contributed by atoms with Crippen LogP contribution in [-0.2, 0) is 6.42 Å². The number of aromatic nitrogens is 1. The van der Waals surface area contributed by atoms with Crippen LogP contribution < -0.4 is 5.73 Å². The van der Waals surface area contributed by atoms with Crippen molar-refractivity contribution in [3.05, 3.63) is 30.1 Å². The van der Waals surface area contributed by atoms with Gasteiger partial charge in [-0.15, -0.1) is 0 Å². The van der Waals surface area contributed by atoms with E-state index in [9.17, 15) is 0 Å². The molecule has 2 atom stereocenters. The third-order valence-electron chi connectivity index (χ3n) is 4.20. The summed E-state index contributed by atoms with van der Waals surface area (Å²) < 4.78 is 0. The summed E-state index contributed by atoms with van der Waals surface area (Å²) in [5.41, 5.74) is 7.21. The maximum Gasteiger partial charge on any atom is 0.0270 e. The summed E-state index contributed by atoms with van der Waals surface area (Å²) in [7, 11) is 2.23. The Balaban J connectivity index is 1.73. The molecule has 1 aliphatic carbocycles. The standard InChI is InChI=1S/C15H25N3/c1-18(10-7-13-5-8-17-9-6-13)12-15-4-2-3-14(15)11-16/h5-6,8-9,14-15H,2-4,7,10-12,16H2,1H3. The van der Waals surface area contributed by atoms with E-state index in [0.29, 0.717) is 0 Å². The molecule has 3 nitrogen and oxygen atoms in total. The van der Waals surface area contributed by atoms with E-state index in [-0.39, 0.29) is 0 Å². The minimum Gasteiger partial charge on any atom is -0.330 e. The van der Waals surface area contributed by atoms with Crippen LogP contribution in [0.2, 0.25) is 0 Å². The van der Waals surface area contributed by atoms with Crippen LogP contribution in [0.4, 0.5) is 0 Å². The maximum absolute atomic E-state index is 5.84. The van der Waals surface area contributed by atoms with Gasteiger partial charge in [-0.2, -0.15) is 0 Å². The molecule has 1 saturated carbocycles. The average molecular weight is 247 g/mol. The fourth-order valence-electron chi connectivity index (χ4n) is 3.03. The Morgan fingerprint density at radius 2 is 2.00 bits per heavy atom. The predicted molar refractivity (Wildman–Crippen MR) is 75.3 cm³/mol. The number of pyridine rings is 1. The Hall–Kier alpha value is -0.930. The van der Waals surface area contributed by atoms with Crippen LogP contribution in [0.1, 0.15) is 24.8 Å². The van der Waals surface area contributed by atoms with Crippen LogP contribution in [0.15, 0.2) is 24.5 Å². The summed E-state index contributed by atoms with van der Waals surface area (Å²) in [6.45, 7) is 3.19. The van der Waals surface area contributed by atoms with Gasteiger partial charge in [-0.1, -0.05) is 6.42 Å². The fourth-order valence-corrected chi connectivity index (χ4v) is 3.03. The third kappa shape index (κ3) is 3.79. The van der Waals surface area contributed by atoms with Crippen molar-refractivity contribution in [2.75, 3.05) is 26.7 Å². The SMILES string of the molecule is CN(CCc1ccncc1)CC1CCCC1CN. The first-order valence-electron chi connectivity index (χ1n) is 7.07. The molecule has 1 heterocycles. The molecule has 2 unspecified atom stereocenters. The fraction of sp³-hybridized carbons (Fsp3) is 0.667. The van der Waals surface area contributed by atoms with Crippen LogP contribution in [0.3, 0.4) is 0 Å². The molecule has 0 saturated heterocycles. The zero-order valence-corrected chi connectivity index (χ0v) is 11.4. The topological polar surface area (TPSA) is 42.2 Å². The molecule has 0 spiro atoms. The lowest BCUT2D eigenvalue weighted by molar-refractivity contribution is 0.245. The first-order chi connectivity index (χ1) is 8.79. The lowest BCUT2D eigenvalue weighted by Crippen LogP contribution is -2.31. The van der Waals surface area contributed by atoms with E-state index in [1.807, 2.05) is 12.4 Å². The number of nitrogens with zero attached hydrogens (tertiary/aromatic N) is 2. The molecule has 0 aliphatic heterocycles. The van der Waals surface area contributed by atoms with E-state index in [4.69, 9.17) is 5.73 Å².